The van der Waals surface area contributed by atoms with Crippen LogP contribution in [0.2, 0.25) is 0 Å². The summed E-state index contributed by atoms with van der Waals surface area (Å²) in [5, 5.41) is 0. The SMILES string of the molecule is O=CC1(CN2CCCc3ccccc32)CCCOC1. The van der Waals surface area contributed by atoms with E-state index in [0.717, 1.165) is 45.2 Å². The Bertz CT molecular complexity index is 452. The number of anilines is 1. The van der Waals surface area contributed by atoms with Gasteiger partial charge in [-0.2, -0.15) is 0 Å². The second-order valence-electron chi connectivity index (χ2n) is 5.79. The van der Waals surface area contributed by atoms with Crippen molar-refractivity contribution in [3.63, 3.8) is 0 Å². The Morgan fingerprint density at radius 1 is 1.32 bits per heavy atom. The van der Waals surface area contributed by atoms with E-state index in [9.17, 15) is 4.79 Å². The van der Waals surface area contributed by atoms with Gasteiger partial charge in [0, 0.05) is 25.4 Å². The Kier molecular flexibility index (Phi) is 3.56. The van der Waals surface area contributed by atoms with Gasteiger partial charge < -0.3 is 14.4 Å². The predicted molar refractivity (Wildman–Crippen MR) is 75.5 cm³/mol. The van der Waals surface area contributed by atoms with E-state index in [2.05, 4.69) is 29.2 Å². The molecule has 0 saturated carbocycles. The molecule has 1 saturated heterocycles. The zero-order valence-corrected chi connectivity index (χ0v) is 11.3. The molecule has 1 fully saturated rings. The van der Waals surface area contributed by atoms with Gasteiger partial charge in [0.2, 0.25) is 0 Å². The molecule has 1 atom stereocenters. The maximum absolute atomic E-state index is 11.6. The molecule has 3 nitrogen and oxygen atoms in total. The van der Waals surface area contributed by atoms with E-state index in [1.165, 1.54) is 17.7 Å². The summed E-state index contributed by atoms with van der Waals surface area (Å²) in [5.74, 6) is 0. The molecule has 3 rings (SSSR count). The van der Waals surface area contributed by atoms with Crippen molar-refractivity contribution in [2.75, 3.05) is 31.2 Å². The second kappa shape index (κ2) is 5.33. The van der Waals surface area contributed by atoms with Crippen LogP contribution in [-0.2, 0) is 16.0 Å². The van der Waals surface area contributed by atoms with Crippen LogP contribution in [0.5, 0.6) is 0 Å². The molecule has 2 aliphatic heterocycles. The molecule has 2 aliphatic rings. The highest BCUT2D eigenvalue weighted by atomic mass is 16.5. The van der Waals surface area contributed by atoms with E-state index in [1.54, 1.807) is 0 Å². The largest absolute Gasteiger partial charge is 0.380 e. The Morgan fingerprint density at radius 3 is 3.00 bits per heavy atom. The number of para-hydroxylation sites is 1. The van der Waals surface area contributed by atoms with Gasteiger partial charge in [0.1, 0.15) is 6.29 Å². The zero-order chi connectivity index (χ0) is 13.1. The monoisotopic (exact) mass is 259 g/mol. The van der Waals surface area contributed by atoms with E-state index >= 15 is 0 Å². The molecule has 1 unspecified atom stereocenters. The van der Waals surface area contributed by atoms with Crippen molar-refractivity contribution in [3.05, 3.63) is 29.8 Å². The first kappa shape index (κ1) is 12.7. The molecule has 0 amide bonds. The van der Waals surface area contributed by atoms with Crippen LogP contribution in [0.25, 0.3) is 0 Å². The van der Waals surface area contributed by atoms with Crippen LogP contribution in [0, 0.1) is 5.41 Å². The summed E-state index contributed by atoms with van der Waals surface area (Å²) in [6.07, 6.45) is 5.40. The van der Waals surface area contributed by atoms with Gasteiger partial charge in [0.05, 0.1) is 12.0 Å². The van der Waals surface area contributed by atoms with Crippen LogP contribution in [0.4, 0.5) is 5.69 Å². The number of ether oxygens (including phenoxy) is 1. The normalized spacial score (nSPS) is 26.8. The van der Waals surface area contributed by atoms with Gasteiger partial charge >= 0.3 is 0 Å². The van der Waals surface area contributed by atoms with Crippen LogP contribution < -0.4 is 4.90 Å². The molecule has 3 heteroatoms. The van der Waals surface area contributed by atoms with Crippen LogP contribution in [-0.4, -0.2) is 32.6 Å². The fourth-order valence-corrected chi connectivity index (χ4v) is 3.28. The highest BCUT2D eigenvalue weighted by Crippen LogP contribution is 2.33. The van der Waals surface area contributed by atoms with Crippen LogP contribution in [0.1, 0.15) is 24.8 Å². The van der Waals surface area contributed by atoms with Gasteiger partial charge in [0.25, 0.3) is 0 Å². The molecule has 0 aliphatic carbocycles. The first-order valence-electron chi connectivity index (χ1n) is 7.20. The van der Waals surface area contributed by atoms with Crippen LogP contribution in [0.3, 0.4) is 0 Å². The molecule has 0 N–H and O–H groups in total. The number of carbonyl (C=O) groups is 1. The number of hydrogen-bond acceptors (Lipinski definition) is 3. The molecule has 0 aromatic heterocycles. The van der Waals surface area contributed by atoms with E-state index < -0.39 is 0 Å². The van der Waals surface area contributed by atoms with E-state index in [0.29, 0.717) is 6.61 Å². The summed E-state index contributed by atoms with van der Waals surface area (Å²) in [4.78, 5) is 13.9. The molecule has 19 heavy (non-hydrogen) atoms. The maximum atomic E-state index is 11.6. The van der Waals surface area contributed by atoms with Gasteiger partial charge in [-0.25, -0.2) is 0 Å². The summed E-state index contributed by atoms with van der Waals surface area (Å²) in [5.41, 5.74) is 2.41. The van der Waals surface area contributed by atoms with Crippen molar-refractivity contribution in [3.8, 4) is 0 Å². The fraction of sp³-hybridized carbons (Fsp3) is 0.562. The van der Waals surface area contributed by atoms with Gasteiger partial charge in [-0.15, -0.1) is 0 Å². The van der Waals surface area contributed by atoms with Crippen molar-refractivity contribution in [1.29, 1.82) is 0 Å². The lowest BCUT2D eigenvalue weighted by atomic mass is 9.83. The van der Waals surface area contributed by atoms with Crippen molar-refractivity contribution >= 4 is 12.0 Å². The van der Waals surface area contributed by atoms with E-state index in [1.807, 2.05) is 0 Å². The first-order valence-corrected chi connectivity index (χ1v) is 7.20. The lowest BCUT2D eigenvalue weighted by molar-refractivity contribution is -0.122. The summed E-state index contributed by atoms with van der Waals surface area (Å²) in [7, 11) is 0. The van der Waals surface area contributed by atoms with Crippen LogP contribution >= 0.6 is 0 Å². The van der Waals surface area contributed by atoms with E-state index in [4.69, 9.17) is 4.74 Å². The number of aryl methyl sites for hydroxylation is 1. The van der Waals surface area contributed by atoms with Crippen molar-refractivity contribution in [2.24, 2.45) is 5.41 Å². The summed E-state index contributed by atoms with van der Waals surface area (Å²) >= 11 is 0. The first-order chi connectivity index (χ1) is 9.33. The molecule has 0 radical (unpaired) electrons. The number of nitrogens with zero attached hydrogens (tertiary/aromatic N) is 1. The summed E-state index contributed by atoms with van der Waals surface area (Å²) in [6, 6.07) is 8.56. The third-order valence-electron chi connectivity index (χ3n) is 4.32. The quantitative estimate of drug-likeness (QED) is 0.781. The number of benzene rings is 1. The predicted octanol–water partition coefficient (Wildman–Crippen LogP) is 2.43. The second-order valence-corrected chi connectivity index (χ2v) is 5.79. The summed E-state index contributed by atoms with van der Waals surface area (Å²) < 4.78 is 5.55. The number of hydrogen-bond donors (Lipinski definition) is 0. The smallest absolute Gasteiger partial charge is 0.130 e. The van der Waals surface area contributed by atoms with Gasteiger partial charge in [0.15, 0.2) is 0 Å². The zero-order valence-electron chi connectivity index (χ0n) is 11.3. The molecule has 2 heterocycles. The average molecular weight is 259 g/mol. The van der Waals surface area contributed by atoms with Gasteiger partial charge in [-0.1, -0.05) is 18.2 Å². The van der Waals surface area contributed by atoms with Crippen molar-refractivity contribution < 1.29 is 9.53 Å². The maximum Gasteiger partial charge on any atom is 0.130 e. The molecule has 0 spiro atoms. The fourth-order valence-electron chi connectivity index (χ4n) is 3.28. The van der Waals surface area contributed by atoms with Gasteiger partial charge in [-0.05, 0) is 37.3 Å². The number of rotatable bonds is 3. The Balaban J connectivity index is 1.81. The molecule has 0 bridgehead atoms. The van der Waals surface area contributed by atoms with Crippen molar-refractivity contribution in [2.45, 2.75) is 25.7 Å². The molecule has 102 valence electrons. The molecule has 1 aromatic rings. The Hall–Kier alpha value is -1.35. The Labute approximate surface area is 114 Å². The summed E-state index contributed by atoms with van der Waals surface area (Å²) in [6.45, 7) is 3.22. The Morgan fingerprint density at radius 2 is 2.21 bits per heavy atom. The number of aldehydes is 1. The number of fused-ring (bicyclic) bond motifs is 1. The van der Waals surface area contributed by atoms with Crippen LogP contribution in [0.15, 0.2) is 24.3 Å². The van der Waals surface area contributed by atoms with Gasteiger partial charge in [-0.3, -0.25) is 0 Å². The minimum atomic E-state index is -0.303. The molecule has 1 aromatic carbocycles. The highest BCUT2D eigenvalue weighted by molar-refractivity contribution is 5.63. The van der Waals surface area contributed by atoms with Crippen molar-refractivity contribution in [1.82, 2.24) is 0 Å². The third-order valence-corrected chi connectivity index (χ3v) is 4.32. The molecular weight excluding hydrogens is 238 g/mol. The standard InChI is InChI=1S/C16H21NO2/c18-12-16(8-4-10-19-13-16)11-17-9-3-6-14-5-1-2-7-15(14)17/h1-2,5,7,12H,3-4,6,8-11,13H2. The topological polar surface area (TPSA) is 29.5 Å². The number of carbonyl (C=O) groups excluding carboxylic acids is 1. The van der Waals surface area contributed by atoms with E-state index in [-0.39, 0.29) is 5.41 Å². The minimum Gasteiger partial charge on any atom is -0.380 e. The average Bonchev–Trinajstić information content (AvgIpc) is 2.49. The lowest BCUT2D eigenvalue weighted by Gasteiger charge is -2.40. The lowest BCUT2D eigenvalue weighted by Crippen LogP contribution is -2.46. The third kappa shape index (κ3) is 2.52. The highest BCUT2D eigenvalue weighted by Gasteiger charge is 2.35. The molecular formula is C16H21NO2. The minimum absolute atomic E-state index is 0.303.